The van der Waals surface area contributed by atoms with Gasteiger partial charge in [0.05, 0.1) is 24.0 Å². The Labute approximate surface area is 136 Å². The Morgan fingerprint density at radius 1 is 1.22 bits per heavy atom. The van der Waals surface area contributed by atoms with E-state index in [-0.39, 0.29) is 18.2 Å². The molecule has 1 aromatic carbocycles. The van der Waals surface area contributed by atoms with Crippen LogP contribution in [0.4, 0.5) is 10.5 Å². The molecule has 0 unspecified atom stereocenters. The Kier molecular flexibility index (Phi) is 5.39. The van der Waals surface area contributed by atoms with Gasteiger partial charge in [0.2, 0.25) is 0 Å². The van der Waals surface area contributed by atoms with Crippen LogP contribution in [0.2, 0.25) is 0 Å². The average molecular weight is 316 g/mol. The number of aliphatic hydroxyl groups is 1. The van der Waals surface area contributed by atoms with E-state index in [1.165, 1.54) is 0 Å². The van der Waals surface area contributed by atoms with E-state index in [9.17, 15) is 4.79 Å². The van der Waals surface area contributed by atoms with Crippen LogP contribution >= 0.6 is 0 Å². The van der Waals surface area contributed by atoms with Gasteiger partial charge in [0.15, 0.2) is 0 Å². The molecule has 2 amide bonds. The lowest BCUT2D eigenvalue weighted by atomic mass is 10.1. The van der Waals surface area contributed by atoms with Crippen LogP contribution in [0.25, 0.3) is 0 Å². The number of nitrogens with one attached hydrogen (secondary N) is 2. The first-order chi connectivity index (χ1) is 10.9. The maximum absolute atomic E-state index is 11.9. The fourth-order valence-electron chi connectivity index (χ4n) is 2.06. The second-order valence-electron chi connectivity index (χ2n) is 6.45. The predicted octanol–water partition coefficient (Wildman–Crippen LogP) is 2.49. The van der Waals surface area contributed by atoms with Crippen LogP contribution in [0.3, 0.4) is 0 Å². The Morgan fingerprint density at radius 2 is 1.87 bits per heavy atom. The van der Waals surface area contributed by atoms with Crippen LogP contribution in [0.5, 0.6) is 0 Å². The van der Waals surface area contributed by atoms with Gasteiger partial charge in [0.25, 0.3) is 0 Å². The van der Waals surface area contributed by atoms with Gasteiger partial charge in [-0.25, -0.2) is 4.79 Å². The average Bonchev–Trinajstić information content (AvgIpc) is 2.96. The number of rotatable bonds is 5. The highest BCUT2D eigenvalue weighted by molar-refractivity contribution is 5.88. The third kappa shape index (κ3) is 5.10. The van der Waals surface area contributed by atoms with E-state index in [1.54, 1.807) is 6.20 Å². The third-order valence-electron chi connectivity index (χ3n) is 3.43. The molecule has 2 rings (SSSR count). The van der Waals surface area contributed by atoms with E-state index in [4.69, 9.17) is 5.11 Å². The summed E-state index contributed by atoms with van der Waals surface area (Å²) in [7, 11) is 0. The number of anilines is 1. The first-order valence-electron chi connectivity index (χ1n) is 7.67. The molecule has 0 fully saturated rings. The molecule has 0 radical (unpaired) electrons. The van der Waals surface area contributed by atoms with Gasteiger partial charge in [0.1, 0.15) is 0 Å². The Hall–Kier alpha value is -2.34. The minimum Gasteiger partial charge on any atom is -0.392 e. The van der Waals surface area contributed by atoms with Gasteiger partial charge >= 0.3 is 6.03 Å². The van der Waals surface area contributed by atoms with E-state index in [2.05, 4.69) is 15.7 Å². The van der Waals surface area contributed by atoms with Crippen molar-refractivity contribution in [2.45, 2.75) is 39.3 Å². The molecule has 0 saturated carbocycles. The Morgan fingerprint density at radius 3 is 2.43 bits per heavy atom. The highest BCUT2D eigenvalue weighted by Gasteiger charge is 2.14. The zero-order valence-electron chi connectivity index (χ0n) is 13.8. The van der Waals surface area contributed by atoms with Gasteiger partial charge in [-0.2, -0.15) is 5.10 Å². The van der Waals surface area contributed by atoms with Crippen molar-refractivity contribution in [3.8, 4) is 0 Å². The van der Waals surface area contributed by atoms with Crippen molar-refractivity contribution in [3.05, 3.63) is 47.8 Å². The fourth-order valence-corrected chi connectivity index (χ4v) is 2.06. The van der Waals surface area contributed by atoms with Crippen LogP contribution in [-0.4, -0.2) is 27.5 Å². The molecule has 6 nitrogen and oxygen atoms in total. The number of hydrogen-bond acceptors (Lipinski definition) is 3. The van der Waals surface area contributed by atoms with Crippen LogP contribution in [0, 0.1) is 0 Å². The van der Waals surface area contributed by atoms with E-state index >= 15 is 0 Å². The molecular weight excluding hydrogens is 292 g/mol. The largest absolute Gasteiger partial charge is 0.392 e. The molecule has 0 spiro atoms. The summed E-state index contributed by atoms with van der Waals surface area (Å²) in [6, 6.07) is 7.44. The van der Waals surface area contributed by atoms with Crippen LogP contribution < -0.4 is 10.6 Å². The number of amides is 2. The smallest absolute Gasteiger partial charge is 0.319 e. The van der Waals surface area contributed by atoms with Gasteiger partial charge < -0.3 is 15.7 Å². The summed E-state index contributed by atoms with van der Waals surface area (Å²) in [5.74, 6) is 0. The summed E-state index contributed by atoms with van der Waals surface area (Å²) >= 11 is 0. The molecule has 6 heteroatoms. The highest BCUT2D eigenvalue weighted by Crippen LogP contribution is 2.15. The van der Waals surface area contributed by atoms with Crippen molar-refractivity contribution in [2.24, 2.45) is 0 Å². The lowest BCUT2D eigenvalue weighted by Gasteiger charge is -2.18. The molecule has 3 N–H and O–H groups in total. The summed E-state index contributed by atoms with van der Waals surface area (Å²) in [5, 5.41) is 18.8. The lowest BCUT2D eigenvalue weighted by molar-refractivity contribution is 0.252. The van der Waals surface area contributed by atoms with Gasteiger partial charge in [-0.15, -0.1) is 0 Å². The molecular formula is C17H24N4O2. The molecule has 124 valence electrons. The van der Waals surface area contributed by atoms with Crippen LogP contribution in [0.15, 0.2) is 36.7 Å². The van der Waals surface area contributed by atoms with Crippen molar-refractivity contribution in [3.63, 3.8) is 0 Å². The number of carbonyl (C=O) groups excluding carboxylic acids is 1. The Balaban J connectivity index is 1.77. The molecule has 0 bridgehead atoms. The molecule has 2 aromatic rings. The summed E-state index contributed by atoms with van der Waals surface area (Å²) in [6.07, 6.45) is 4.19. The molecule has 1 aromatic heterocycles. The first kappa shape index (κ1) is 17.0. The molecule has 23 heavy (non-hydrogen) atoms. The number of benzene rings is 1. The Bertz CT molecular complexity index is 641. The van der Waals surface area contributed by atoms with E-state index in [1.807, 2.05) is 55.9 Å². The number of aliphatic hydroxyl groups excluding tert-OH is 1. The normalized spacial score (nSPS) is 11.3. The maximum Gasteiger partial charge on any atom is 0.319 e. The molecule has 0 atom stereocenters. The summed E-state index contributed by atoms with van der Waals surface area (Å²) in [4.78, 5) is 11.9. The standard InChI is InChI=1S/C17H24N4O2/c1-17(2,3)21-11-15(10-19-21)20-16(23)18-9-8-13-4-6-14(12-22)7-5-13/h4-7,10-11,22H,8-9,12H2,1-3H3,(H2,18,20,23). The second kappa shape index (κ2) is 7.28. The van der Waals surface area contributed by atoms with Crippen LogP contribution in [0.1, 0.15) is 31.9 Å². The van der Waals surface area contributed by atoms with Crippen molar-refractivity contribution in [1.82, 2.24) is 15.1 Å². The summed E-state index contributed by atoms with van der Waals surface area (Å²) < 4.78 is 1.81. The molecule has 0 saturated heterocycles. The third-order valence-corrected chi connectivity index (χ3v) is 3.43. The second-order valence-corrected chi connectivity index (χ2v) is 6.45. The lowest BCUT2D eigenvalue weighted by Crippen LogP contribution is -2.30. The maximum atomic E-state index is 11.9. The zero-order chi connectivity index (χ0) is 16.9. The van der Waals surface area contributed by atoms with Gasteiger partial charge in [-0.3, -0.25) is 4.68 Å². The van der Waals surface area contributed by atoms with Gasteiger partial charge in [0, 0.05) is 12.7 Å². The highest BCUT2D eigenvalue weighted by atomic mass is 16.3. The monoisotopic (exact) mass is 316 g/mol. The fraction of sp³-hybridized carbons (Fsp3) is 0.412. The SMILES string of the molecule is CC(C)(C)n1cc(NC(=O)NCCc2ccc(CO)cc2)cn1. The molecule has 0 aliphatic carbocycles. The van der Waals surface area contributed by atoms with E-state index in [0.29, 0.717) is 12.2 Å². The molecule has 0 aliphatic rings. The number of hydrogen-bond donors (Lipinski definition) is 3. The van der Waals surface area contributed by atoms with Crippen LogP contribution in [-0.2, 0) is 18.6 Å². The minimum absolute atomic E-state index is 0.0448. The minimum atomic E-state index is -0.245. The summed E-state index contributed by atoms with van der Waals surface area (Å²) in [6.45, 7) is 6.73. The zero-order valence-corrected chi connectivity index (χ0v) is 13.8. The van der Waals surface area contributed by atoms with Gasteiger partial charge in [-0.1, -0.05) is 24.3 Å². The summed E-state index contributed by atoms with van der Waals surface area (Å²) in [5.41, 5.74) is 2.56. The number of urea groups is 1. The van der Waals surface area contributed by atoms with Crippen molar-refractivity contribution >= 4 is 11.7 Å². The molecule has 0 aliphatic heterocycles. The van der Waals surface area contributed by atoms with E-state index in [0.717, 1.165) is 17.5 Å². The number of aromatic nitrogens is 2. The number of carbonyl (C=O) groups is 1. The molecule has 1 heterocycles. The predicted molar refractivity (Wildman–Crippen MR) is 90.3 cm³/mol. The first-order valence-corrected chi connectivity index (χ1v) is 7.67. The van der Waals surface area contributed by atoms with Crippen molar-refractivity contribution in [2.75, 3.05) is 11.9 Å². The number of nitrogens with zero attached hydrogens (tertiary/aromatic N) is 2. The quantitative estimate of drug-likeness (QED) is 0.793. The van der Waals surface area contributed by atoms with Crippen molar-refractivity contribution in [1.29, 1.82) is 0 Å². The van der Waals surface area contributed by atoms with Gasteiger partial charge in [-0.05, 0) is 38.3 Å². The van der Waals surface area contributed by atoms with Crippen molar-refractivity contribution < 1.29 is 9.90 Å². The van der Waals surface area contributed by atoms with E-state index < -0.39 is 0 Å². The topological polar surface area (TPSA) is 79.2 Å².